The third-order valence-corrected chi connectivity index (χ3v) is 7.79. The van der Waals surface area contributed by atoms with Crippen LogP contribution in [0.2, 0.25) is 0 Å². The summed E-state index contributed by atoms with van der Waals surface area (Å²) in [5.74, 6) is -0.0943. The second-order valence-electron chi connectivity index (χ2n) is 6.30. The molecule has 0 aliphatic carbocycles. The van der Waals surface area contributed by atoms with Gasteiger partial charge in [-0.3, -0.25) is 9.10 Å². The molecule has 26 heavy (non-hydrogen) atoms. The van der Waals surface area contributed by atoms with Gasteiger partial charge in [0.15, 0.2) is 0 Å². The summed E-state index contributed by atoms with van der Waals surface area (Å²) in [6.45, 7) is 3.45. The fourth-order valence-electron chi connectivity index (χ4n) is 3.23. The standard InChI is InChI=1S/C18H18Br2N2O3S/c1-11-8-13-9-16(20)18(10-17(13)22(11)12(2)23)26(24,25)21(3)15-6-4-14(19)5-7-15/h4-7,9-11H,8H2,1-3H3/t11-/m0/s1. The number of anilines is 2. The number of hydrogen-bond acceptors (Lipinski definition) is 3. The van der Waals surface area contributed by atoms with Crippen molar-refractivity contribution >= 4 is 59.2 Å². The summed E-state index contributed by atoms with van der Waals surface area (Å²) >= 11 is 6.75. The molecule has 1 aliphatic rings. The molecular weight excluding hydrogens is 484 g/mol. The van der Waals surface area contributed by atoms with Crippen LogP contribution in [0, 0.1) is 0 Å². The molecule has 1 atom stereocenters. The minimum absolute atomic E-state index is 0.0107. The molecule has 1 heterocycles. The van der Waals surface area contributed by atoms with E-state index < -0.39 is 10.0 Å². The van der Waals surface area contributed by atoms with Gasteiger partial charge in [-0.2, -0.15) is 0 Å². The zero-order valence-electron chi connectivity index (χ0n) is 14.5. The lowest BCUT2D eigenvalue weighted by atomic mass is 10.1. The van der Waals surface area contributed by atoms with Crippen LogP contribution >= 0.6 is 31.9 Å². The van der Waals surface area contributed by atoms with Crippen LogP contribution in [0.3, 0.4) is 0 Å². The molecule has 1 amide bonds. The first kappa shape index (κ1) is 19.4. The number of carbonyl (C=O) groups is 1. The second-order valence-corrected chi connectivity index (χ2v) is 10.0. The Morgan fingerprint density at radius 1 is 1.19 bits per heavy atom. The third-order valence-electron chi connectivity index (χ3n) is 4.52. The molecule has 0 bridgehead atoms. The molecule has 0 fully saturated rings. The van der Waals surface area contributed by atoms with Crippen molar-refractivity contribution in [2.24, 2.45) is 0 Å². The quantitative estimate of drug-likeness (QED) is 0.628. The smallest absolute Gasteiger partial charge is 0.265 e. The average molecular weight is 502 g/mol. The van der Waals surface area contributed by atoms with Crippen LogP contribution in [-0.2, 0) is 21.2 Å². The van der Waals surface area contributed by atoms with Gasteiger partial charge < -0.3 is 4.90 Å². The minimum atomic E-state index is -3.79. The number of sulfonamides is 1. The van der Waals surface area contributed by atoms with Crippen molar-refractivity contribution in [3.05, 3.63) is 50.9 Å². The normalized spacial score (nSPS) is 16.5. The van der Waals surface area contributed by atoms with Gasteiger partial charge in [-0.05, 0) is 71.2 Å². The molecule has 1 aliphatic heterocycles. The monoisotopic (exact) mass is 500 g/mol. The molecule has 0 N–H and O–H groups in total. The van der Waals surface area contributed by atoms with Gasteiger partial charge in [-0.1, -0.05) is 15.9 Å². The minimum Gasteiger partial charge on any atom is -0.309 e. The number of fused-ring (bicyclic) bond motifs is 1. The van der Waals surface area contributed by atoms with Crippen molar-refractivity contribution in [1.82, 2.24) is 0 Å². The van der Waals surface area contributed by atoms with Crippen LogP contribution in [0.25, 0.3) is 0 Å². The van der Waals surface area contributed by atoms with Gasteiger partial charge in [0.25, 0.3) is 10.0 Å². The number of benzene rings is 2. The SMILES string of the molecule is CC(=O)N1c2cc(S(=O)(=O)N(C)c3ccc(Br)cc3)c(Br)cc2C[C@@H]1C. The number of halogens is 2. The molecule has 8 heteroatoms. The number of nitrogens with zero attached hydrogens (tertiary/aromatic N) is 2. The maximum Gasteiger partial charge on any atom is 0.265 e. The Hall–Kier alpha value is -1.38. The highest BCUT2D eigenvalue weighted by Crippen LogP contribution is 2.39. The van der Waals surface area contributed by atoms with Gasteiger partial charge >= 0.3 is 0 Å². The largest absolute Gasteiger partial charge is 0.309 e. The molecule has 5 nitrogen and oxygen atoms in total. The van der Waals surface area contributed by atoms with E-state index in [1.807, 2.05) is 6.92 Å². The van der Waals surface area contributed by atoms with E-state index in [0.717, 1.165) is 10.0 Å². The van der Waals surface area contributed by atoms with Gasteiger partial charge in [-0.25, -0.2) is 8.42 Å². The van der Waals surface area contributed by atoms with E-state index >= 15 is 0 Å². The summed E-state index contributed by atoms with van der Waals surface area (Å²) in [5.41, 5.74) is 2.18. The first-order valence-electron chi connectivity index (χ1n) is 7.99. The van der Waals surface area contributed by atoms with Crippen molar-refractivity contribution in [2.75, 3.05) is 16.3 Å². The summed E-state index contributed by atoms with van der Waals surface area (Å²) in [5, 5.41) is 0. The summed E-state index contributed by atoms with van der Waals surface area (Å²) in [6.07, 6.45) is 0.705. The first-order valence-corrected chi connectivity index (χ1v) is 11.0. The Morgan fingerprint density at radius 2 is 1.81 bits per heavy atom. The zero-order chi connectivity index (χ0) is 19.2. The van der Waals surface area contributed by atoms with Crippen LogP contribution in [0.15, 0.2) is 50.2 Å². The Bertz CT molecular complexity index is 975. The summed E-state index contributed by atoms with van der Waals surface area (Å²) in [4.78, 5) is 13.8. The van der Waals surface area contributed by atoms with Gasteiger partial charge in [0.1, 0.15) is 4.90 Å². The Kier molecular flexibility index (Phi) is 5.20. The van der Waals surface area contributed by atoms with Crippen molar-refractivity contribution in [2.45, 2.75) is 31.2 Å². The highest BCUT2D eigenvalue weighted by atomic mass is 79.9. The predicted octanol–water partition coefficient (Wildman–Crippen LogP) is 4.33. The lowest BCUT2D eigenvalue weighted by Crippen LogP contribution is -2.33. The van der Waals surface area contributed by atoms with Crippen LogP contribution in [0.5, 0.6) is 0 Å². The number of carbonyl (C=O) groups excluding carboxylic acids is 1. The highest BCUT2D eigenvalue weighted by Gasteiger charge is 2.33. The van der Waals surface area contributed by atoms with Gasteiger partial charge in [0.05, 0.1) is 5.69 Å². The van der Waals surface area contributed by atoms with E-state index in [9.17, 15) is 13.2 Å². The predicted molar refractivity (Wildman–Crippen MR) is 110 cm³/mol. The van der Waals surface area contributed by atoms with Crippen molar-refractivity contribution in [3.63, 3.8) is 0 Å². The van der Waals surface area contributed by atoms with E-state index in [-0.39, 0.29) is 16.8 Å². The van der Waals surface area contributed by atoms with Crippen molar-refractivity contribution in [1.29, 1.82) is 0 Å². The van der Waals surface area contributed by atoms with E-state index in [0.29, 0.717) is 22.3 Å². The Labute approximate surface area is 170 Å². The van der Waals surface area contributed by atoms with Crippen molar-refractivity contribution < 1.29 is 13.2 Å². The van der Waals surface area contributed by atoms with Gasteiger partial charge in [0, 0.05) is 34.6 Å². The van der Waals surface area contributed by atoms with E-state index in [2.05, 4.69) is 31.9 Å². The zero-order valence-corrected chi connectivity index (χ0v) is 18.5. The average Bonchev–Trinajstić information content (AvgIpc) is 2.88. The summed E-state index contributed by atoms with van der Waals surface area (Å²) in [6, 6.07) is 10.4. The number of hydrogen-bond donors (Lipinski definition) is 0. The molecule has 0 aromatic heterocycles. The molecule has 2 aromatic rings. The molecule has 0 saturated carbocycles. The molecule has 0 unspecified atom stereocenters. The van der Waals surface area contributed by atoms with Crippen molar-refractivity contribution in [3.8, 4) is 0 Å². The summed E-state index contributed by atoms with van der Waals surface area (Å²) < 4.78 is 29.0. The van der Waals surface area contributed by atoms with E-state index in [1.54, 1.807) is 41.3 Å². The molecule has 0 saturated heterocycles. The van der Waals surface area contributed by atoms with Crippen LogP contribution < -0.4 is 9.21 Å². The summed E-state index contributed by atoms with van der Waals surface area (Å²) in [7, 11) is -2.27. The Morgan fingerprint density at radius 3 is 2.38 bits per heavy atom. The van der Waals surface area contributed by atoms with Gasteiger partial charge in [0.2, 0.25) is 5.91 Å². The third kappa shape index (κ3) is 3.30. The lowest BCUT2D eigenvalue weighted by molar-refractivity contribution is -0.116. The van der Waals surface area contributed by atoms with Crippen LogP contribution in [0.1, 0.15) is 19.4 Å². The van der Waals surface area contributed by atoms with E-state index in [1.165, 1.54) is 18.3 Å². The fourth-order valence-corrected chi connectivity index (χ4v) is 5.76. The Balaban J connectivity index is 2.09. The van der Waals surface area contributed by atoms with Gasteiger partial charge in [-0.15, -0.1) is 0 Å². The maximum absolute atomic E-state index is 13.2. The second kappa shape index (κ2) is 6.98. The lowest BCUT2D eigenvalue weighted by Gasteiger charge is -2.23. The highest BCUT2D eigenvalue weighted by molar-refractivity contribution is 9.10. The van der Waals surface area contributed by atoms with Crippen LogP contribution in [0.4, 0.5) is 11.4 Å². The first-order chi connectivity index (χ1) is 12.1. The molecule has 3 rings (SSSR count). The fraction of sp³-hybridized carbons (Fsp3) is 0.278. The van der Waals surface area contributed by atoms with E-state index in [4.69, 9.17) is 0 Å². The van der Waals surface area contributed by atoms with Crippen LogP contribution in [-0.4, -0.2) is 27.4 Å². The molecule has 138 valence electrons. The molecule has 0 radical (unpaired) electrons. The molecule has 2 aromatic carbocycles. The number of amides is 1. The topological polar surface area (TPSA) is 57.7 Å². The molecule has 0 spiro atoms. The molecular formula is C18H18Br2N2O3S. The number of rotatable bonds is 3. The maximum atomic E-state index is 13.2.